The van der Waals surface area contributed by atoms with Crippen LogP contribution < -0.4 is 5.32 Å². The Kier molecular flexibility index (Phi) is 3.52. The number of carbonyl (C=O) groups is 1. The smallest absolute Gasteiger partial charge is 0.278 e. The molecule has 0 atom stereocenters. The van der Waals surface area contributed by atoms with Gasteiger partial charge in [-0.2, -0.15) is 10.2 Å². The van der Waals surface area contributed by atoms with E-state index in [1.165, 1.54) is 38.5 Å². The molecule has 0 aliphatic heterocycles. The first kappa shape index (κ1) is 16.4. The Morgan fingerprint density at radius 3 is 2.35 bits per heavy atom. The van der Waals surface area contributed by atoms with Gasteiger partial charge < -0.3 is 5.32 Å². The van der Waals surface area contributed by atoms with Crippen molar-refractivity contribution in [2.24, 2.45) is 24.8 Å². The lowest BCUT2D eigenvalue weighted by Gasteiger charge is -2.56. The van der Waals surface area contributed by atoms with Crippen LogP contribution in [0.15, 0.2) is 12.3 Å². The first-order chi connectivity index (χ1) is 12.4. The van der Waals surface area contributed by atoms with Crippen molar-refractivity contribution in [2.45, 2.75) is 51.0 Å². The maximum atomic E-state index is 12.5. The molecule has 2 heterocycles. The molecule has 0 aromatic carbocycles. The van der Waals surface area contributed by atoms with Gasteiger partial charge in [-0.05, 0) is 63.2 Å². The van der Waals surface area contributed by atoms with Gasteiger partial charge in [0.05, 0.1) is 16.3 Å². The SMILES string of the molecule is Cc1c(Cl)c(C(=O)Nc2ccn(C34CC5CC(CC(C5)C3)C4)n2)nn1C. The standard InChI is InChI=1S/C19H24ClN5O/c1-11-16(20)17(23-24(11)2)18(26)21-15-3-4-25(22-15)19-8-12-5-13(9-19)7-14(6-12)10-19/h3-4,12-14H,5-10H2,1-2H3,(H,21,22,26). The van der Waals surface area contributed by atoms with Crippen LogP contribution in [0.5, 0.6) is 0 Å². The molecule has 1 N–H and O–H groups in total. The average molecular weight is 374 g/mol. The monoisotopic (exact) mass is 373 g/mol. The van der Waals surface area contributed by atoms with Crippen molar-refractivity contribution < 1.29 is 4.79 Å². The van der Waals surface area contributed by atoms with Crippen molar-refractivity contribution in [2.75, 3.05) is 5.32 Å². The third-order valence-electron chi connectivity index (χ3n) is 6.80. The molecular weight excluding hydrogens is 350 g/mol. The molecule has 6 rings (SSSR count). The summed E-state index contributed by atoms with van der Waals surface area (Å²) in [6, 6.07) is 1.89. The lowest BCUT2D eigenvalue weighted by molar-refractivity contribution is -0.0492. The van der Waals surface area contributed by atoms with Gasteiger partial charge in [0.2, 0.25) is 0 Å². The number of hydrogen-bond donors (Lipinski definition) is 1. The minimum absolute atomic E-state index is 0.164. The predicted octanol–water partition coefficient (Wildman–Crippen LogP) is 3.76. The van der Waals surface area contributed by atoms with Crippen LogP contribution in [0, 0.1) is 24.7 Å². The molecular formula is C19H24ClN5O. The van der Waals surface area contributed by atoms with Crippen molar-refractivity contribution in [1.82, 2.24) is 19.6 Å². The zero-order chi connectivity index (χ0) is 18.1. The Balaban J connectivity index is 1.37. The number of carbonyl (C=O) groups excluding carboxylic acids is 1. The highest BCUT2D eigenvalue weighted by Crippen LogP contribution is 2.58. The van der Waals surface area contributed by atoms with Crippen molar-refractivity contribution in [3.63, 3.8) is 0 Å². The predicted molar refractivity (Wildman–Crippen MR) is 99.3 cm³/mol. The van der Waals surface area contributed by atoms with Crippen molar-refractivity contribution in [3.8, 4) is 0 Å². The second kappa shape index (κ2) is 5.59. The Morgan fingerprint density at radius 1 is 1.19 bits per heavy atom. The summed E-state index contributed by atoms with van der Waals surface area (Å²) in [5, 5.41) is 12.2. The second-order valence-corrected chi connectivity index (χ2v) is 8.99. The van der Waals surface area contributed by atoms with Gasteiger partial charge in [0.15, 0.2) is 11.5 Å². The van der Waals surface area contributed by atoms with E-state index in [9.17, 15) is 4.79 Å². The number of nitrogens with one attached hydrogen (secondary N) is 1. The average Bonchev–Trinajstić information content (AvgIpc) is 3.15. The fraction of sp³-hybridized carbons (Fsp3) is 0.632. The highest BCUT2D eigenvalue weighted by Gasteiger charge is 2.52. The van der Waals surface area contributed by atoms with Gasteiger partial charge in [-0.25, -0.2) is 0 Å². The van der Waals surface area contributed by atoms with Crippen LogP contribution in [0.1, 0.15) is 54.7 Å². The molecule has 1 amide bonds. The summed E-state index contributed by atoms with van der Waals surface area (Å²) in [5.74, 6) is 2.84. The van der Waals surface area contributed by atoms with Crippen LogP contribution in [0.3, 0.4) is 0 Å². The first-order valence-electron chi connectivity index (χ1n) is 9.50. The maximum Gasteiger partial charge on any atom is 0.278 e. The molecule has 4 fully saturated rings. The van der Waals surface area contributed by atoms with Gasteiger partial charge in [-0.15, -0.1) is 0 Å². The van der Waals surface area contributed by atoms with Crippen molar-refractivity contribution >= 4 is 23.3 Å². The molecule has 4 saturated carbocycles. The van der Waals surface area contributed by atoms with E-state index in [-0.39, 0.29) is 17.1 Å². The molecule has 26 heavy (non-hydrogen) atoms. The van der Waals surface area contributed by atoms with E-state index in [0.717, 1.165) is 23.4 Å². The summed E-state index contributed by atoms with van der Waals surface area (Å²) >= 11 is 6.22. The Hall–Kier alpha value is -1.82. The van der Waals surface area contributed by atoms with E-state index in [0.29, 0.717) is 10.8 Å². The number of amides is 1. The number of aromatic nitrogens is 4. The van der Waals surface area contributed by atoms with Gasteiger partial charge in [0.25, 0.3) is 5.91 Å². The quantitative estimate of drug-likeness (QED) is 0.890. The molecule has 0 radical (unpaired) electrons. The fourth-order valence-corrected chi connectivity index (χ4v) is 6.15. The highest BCUT2D eigenvalue weighted by atomic mass is 35.5. The first-order valence-corrected chi connectivity index (χ1v) is 9.88. The lowest BCUT2D eigenvalue weighted by atomic mass is 9.53. The number of hydrogen-bond acceptors (Lipinski definition) is 3. The van der Waals surface area contributed by atoms with E-state index in [4.69, 9.17) is 16.7 Å². The summed E-state index contributed by atoms with van der Waals surface area (Å²) in [7, 11) is 1.78. The molecule has 0 spiro atoms. The molecule has 0 saturated heterocycles. The summed E-state index contributed by atoms with van der Waals surface area (Å²) < 4.78 is 3.75. The summed E-state index contributed by atoms with van der Waals surface area (Å²) in [5.41, 5.74) is 1.18. The van der Waals surface area contributed by atoms with E-state index in [2.05, 4.69) is 15.1 Å². The Bertz CT molecular complexity index is 847. The second-order valence-electron chi connectivity index (χ2n) is 8.61. The Labute approximate surface area is 157 Å². The molecule has 4 bridgehead atoms. The normalized spacial score (nSPS) is 32.2. The van der Waals surface area contributed by atoms with E-state index in [1.54, 1.807) is 11.7 Å². The molecule has 2 aromatic heterocycles. The van der Waals surface area contributed by atoms with E-state index < -0.39 is 0 Å². The number of aryl methyl sites for hydroxylation is 1. The molecule has 6 nitrogen and oxygen atoms in total. The van der Waals surface area contributed by atoms with Crippen LogP contribution >= 0.6 is 11.6 Å². The van der Waals surface area contributed by atoms with Crippen molar-refractivity contribution in [3.05, 3.63) is 28.7 Å². The zero-order valence-electron chi connectivity index (χ0n) is 15.2. The fourth-order valence-electron chi connectivity index (χ4n) is 5.90. The van der Waals surface area contributed by atoms with Gasteiger partial charge >= 0.3 is 0 Å². The third kappa shape index (κ3) is 2.42. The largest absolute Gasteiger partial charge is 0.304 e. The van der Waals surface area contributed by atoms with Crippen LogP contribution in [-0.4, -0.2) is 25.5 Å². The molecule has 4 aliphatic carbocycles. The third-order valence-corrected chi connectivity index (χ3v) is 7.25. The molecule has 138 valence electrons. The summed E-state index contributed by atoms with van der Waals surface area (Å²) in [4.78, 5) is 12.5. The Morgan fingerprint density at radius 2 is 1.81 bits per heavy atom. The van der Waals surface area contributed by atoms with Gasteiger partial charge in [0.1, 0.15) is 0 Å². The molecule has 0 unspecified atom stereocenters. The number of anilines is 1. The van der Waals surface area contributed by atoms with Gasteiger partial charge in [0, 0.05) is 19.3 Å². The number of rotatable bonds is 3. The highest BCUT2D eigenvalue weighted by molar-refractivity contribution is 6.34. The summed E-state index contributed by atoms with van der Waals surface area (Å²) in [6.45, 7) is 1.84. The molecule has 2 aromatic rings. The van der Waals surface area contributed by atoms with Crippen LogP contribution in [0.25, 0.3) is 0 Å². The van der Waals surface area contributed by atoms with Crippen LogP contribution in [0.2, 0.25) is 5.02 Å². The van der Waals surface area contributed by atoms with E-state index in [1.807, 2.05) is 19.2 Å². The topological polar surface area (TPSA) is 64.7 Å². The van der Waals surface area contributed by atoms with Gasteiger partial charge in [-0.3, -0.25) is 14.2 Å². The minimum Gasteiger partial charge on any atom is -0.304 e. The van der Waals surface area contributed by atoms with Crippen LogP contribution in [0.4, 0.5) is 5.82 Å². The van der Waals surface area contributed by atoms with Crippen LogP contribution in [-0.2, 0) is 12.6 Å². The zero-order valence-corrected chi connectivity index (χ0v) is 16.0. The number of halogens is 1. The maximum absolute atomic E-state index is 12.5. The van der Waals surface area contributed by atoms with Gasteiger partial charge in [-0.1, -0.05) is 11.6 Å². The minimum atomic E-state index is -0.311. The van der Waals surface area contributed by atoms with E-state index >= 15 is 0 Å². The molecule has 4 aliphatic rings. The summed E-state index contributed by atoms with van der Waals surface area (Å²) in [6.07, 6.45) is 9.96. The molecule has 7 heteroatoms. The van der Waals surface area contributed by atoms with Crippen molar-refractivity contribution in [1.29, 1.82) is 0 Å². The number of nitrogens with zero attached hydrogens (tertiary/aromatic N) is 4. The lowest BCUT2D eigenvalue weighted by Crippen LogP contribution is -2.52.